The monoisotopic (exact) mass is 428 g/mol. The number of carbonyl (C=O) groups is 1. The molecule has 2 aromatic carbocycles. The van der Waals surface area contributed by atoms with Crippen molar-refractivity contribution in [1.82, 2.24) is 5.32 Å². The summed E-state index contributed by atoms with van der Waals surface area (Å²) in [5.74, 6) is 0.0227. The summed E-state index contributed by atoms with van der Waals surface area (Å²) in [6.45, 7) is 3.37. The number of nitrogens with zero attached hydrogens (tertiary/aromatic N) is 1. The molecule has 142 valence electrons. The Labute approximate surface area is 179 Å². The molecule has 1 N–H and O–H groups in total. The van der Waals surface area contributed by atoms with Crippen LogP contribution in [0.15, 0.2) is 70.4 Å². The van der Waals surface area contributed by atoms with Gasteiger partial charge in [-0.15, -0.1) is 11.8 Å². The highest BCUT2D eigenvalue weighted by Gasteiger charge is 2.34. The van der Waals surface area contributed by atoms with Crippen LogP contribution < -0.4 is 5.32 Å². The molecule has 0 spiro atoms. The van der Waals surface area contributed by atoms with Gasteiger partial charge in [-0.05, 0) is 37.1 Å². The third-order valence-electron chi connectivity index (χ3n) is 4.57. The summed E-state index contributed by atoms with van der Waals surface area (Å²) in [6, 6.07) is 17.3. The van der Waals surface area contributed by atoms with E-state index in [2.05, 4.69) is 11.4 Å². The number of ketones is 1. The lowest BCUT2D eigenvalue weighted by atomic mass is 9.81. The number of nitrogens with one attached hydrogen (secondary N) is 1. The lowest BCUT2D eigenvalue weighted by Crippen LogP contribution is -2.27. The molecule has 0 saturated heterocycles. The van der Waals surface area contributed by atoms with E-state index in [1.54, 1.807) is 6.07 Å². The van der Waals surface area contributed by atoms with Gasteiger partial charge in [0, 0.05) is 27.1 Å². The van der Waals surface area contributed by atoms with Crippen LogP contribution in [0.2, 0.25) is 10.0 Å². The van der Waals surface area contributed by atoms with Gasteiger partial charge in [-0.1, -0.05) is 59.6 Å². The maximum atomic E-state index is 12.4. The molecule has 1 aliphatic rings. The Kier molecular flexibility index (Phi) is 6.51. The van der Waals surface area contributed by atoms with Crippen molar-refractivity contribution in [3.8, 4) is 6.07 Å². The zero-order chi connectivity index (χ0) is 20.3. The lowest BCUT2D eigenvalue weighted by Gasteiger charge is -2.29. The van der Waals surface area contributed by atoms with Crippen LogP contribution in [0.5, 0.6) is 0 Å². The van der Waals surface area contributed by atoms with E-state index < -0.39 is 5.92 Å². The Bertz CT molecular complexity index is 1040. The highest BCUT2D eigenvalue weighted by Crippen LogP contribution is 2.43. The number of allylic oxidation sites excluding steroid dienone is 3. The largest absolute Gasteiger partial charge is 0.353 e. The molecule has 1 aliphatic heterocycles. The number of hydrogen-bond donors (Lipinski definition) is 1. The Morgan fingerprint density at radius 2 is 1.79 bits per heavy atom. The van der Waals surface area contributed by atoms with Crippen molar-refractivity contribution >= 4 is 40.7 Å². The molecule has 3 rings (SSSR count). The molecule has 0 aliphatic carbocycles. The molecule has 0 saturated carbocycles. The molecular formula is C22H18Cl2N2OS. The summed E-state index contributed by atoms with van der Waals surface area (Å²) in [5, 5.41) is 15.1. The van der Waals surface area contributed by atoms with Crippen molar-refractivity contribution in [3.05, 3.63) is 91.6 Å². The first-order valence-electron chi connectivity index (χ1n) is 8.67. The van der Waals surface area contributed by atoms with E-state index in [9.17, 15) is 10.1 Å². The van der Waals surface area contributed by atoms with Gasteiger partial charge in [0.2, 0.25) is 0 Å². The molecule has 0 unspecified atom stereocenters. The van der Waals surface area contributed by atoms with Crippen LogP contribution in [-0.4, -0.2) is 5.78 Å². The number of thioether (sulfide) groups is 1. The van der Waals surface area contributed by atoms with E-state index in [4.69, 9.17) is 23.2 Å². The maximum absolute atomic E-state index is 12.4. The number of dihydropyridines is 1. The van der Waals surface area contributed by atoms with Gasteiger partial charge in [0.25, 0.3) is 0 Å². The van der Waals surface area contributed by atoms with E-state index >= 15 is 0 Å². The number of hydrogen-bond acceptors (Lipinski definition) is 4. The zero-order valence-electron chi connectivity index (χ0n) is 15.4. The van der Waals surface area contributed by atoms with Crippen LogP contribution in [0, 0.1) is 11.3 Å². The fourth-order valence-electron chi connectivity index (χ4n) is 3.28. The van der Waals surface area contributed by atoms with Gasteiger partial charge in [0.1, 0.15) is 0 Å². The summed E-state index contributed by atoms with van der Waals surface area (Å²) in [5.41, 5.74) is 3.52. The summed E-state index contributed by atoms with van der Waals surface area (Å²) in [6.07, 6.45) is 0. The molecule has 1 atom stereocenters. The molecule has 28 heavy (non-hydrogen) atoms. The molecule has 0 aromatic heterocycles. The highest BCUT2D eigenvalue weighted by molar-refractivity contribution is 8.02. The van der Waals surface area contributed by atoms with Crippen LogP contribution >= 0.6 is 35.0 Å². The molecule has 3 nitrogen and oxygen atoms in total. The quantitative estimate of drug-likeness (QED) is 0.614. The number of benzene rings is 2. The minimum atomic E-state index is -0.494. The zero-order valence-corrected chi connectivity index (χ0v) is 17.8. The minimum Gasteiger partial charge on any atom is -0.353 e. The van der Waals surface area contributed by atoms with E-state index in [1.807, 2.05) is 49.4 Å². The van der Waals surface area contributed by atoms with Gasteiger partial charge < -0.3 is 5.32 Å². The number of carbonyl (C=O) groups excluding carboxylic acids is 1. The molecule has 0 amide bonds. The van der Waals surface area contributed by atoms with Gasteiger partial charge in [0.15, 0.2) is 5.78 Å². The predicted molar refractivity (Wildman–Crippen MR) is 116 cm³/mol. The van der Waals surface area contributed by atoms with Crippen LogP contribution in [0.4, 0.5) is 0 Å². The minimum absolute atomic E-state index is 0.0853. The molecule has 0 bridgehead atoms. The van der Waals surface area contributed by atoms with Gasteiger partial charge in [-0.25, -0.2) is 0 Å². The third-order valence-corrected chi connectivity index (χ3v) is 6.35. The Balaban J connectivity index is 2.06. The van der Waals surface area contributed by atoms with Crippen molar-refractivity contribution in [1.29, 1.82) is 5.26 Å². The van der Waals surface area contributed by atoms with E-state index in [0.717, 1.165) is 21.9 Å². The standard InChI is InChI=1S/C22H18Cl2N2OS/c1-13-20(14(2)27)21(16-8-4-6-10-19(16)24)17(11-25)22(26-13)28-12-15-7-3-5-9-18(15)23/h3-10,21,26H,12H2,1-2H3/t21-/m1/s1. The molecule has 1 heterocycles. The third kappa shape index (κ3) is 4.12. The van der Waals surface area contributed by atoms with Gasteiger partial charge in [-0.3, -0.25) is 4.79 Å². The van der Waals surface area contributed by atoms with Gasteiger partial charge >= 0.3 is 0 Å². The van der Waals surface area contributed by atoms with Crippen molar-refractivity contribution in [3.63, 3.8) is 0 Å². The van der Waals surface area contributed by atoms with Crippen molar-refractivity contribution < 1.29 is 4.79 Å². The Hall–Kier alpha value is -2.19. The number of halogens is 2. The average Bonchev–Trinajstić information content (AvgIpc) is 2.67. The normalized spacial score (nSPS) is 16.6. The number of Topliss-reactive ketones (excluding diaryl/α,β-unsaturated/α-hetero) is 1. The van der Waals surface area contributed by atoms with Gasteiger partial charge in [0.05, 0.1) is 22.6 Å². The number of rotatable bonds is 5. The highest BCUT2D eigenvalue weighted by atomic mass is 35.5. The Morgan fingerprint density at radius 3 is 2.39 bits per heavy atom. The van der Waals surface area contributed by atoms with Crippen molar-refractivity contribution in [2.24, 2.45) is 0 Å². The topological polar surface area (TPSA) is 52.9 Å². The first kappa shape index (κ1) is 20.5. The Morgan fingerprint density at radius 1 is 1.14 bits per heavy atom. The summed E-state index contributed by atoms with van der Waals surface area (Å²) in [4.78, 5) is 12.4. The number of nitriles is 1. The molecule has 0 radical (unpaired) electrons. The molecular weight excluding hydrogens is 411 g/mol. The second kappa shape index (κ2) is 8.87. The predicted octanol–water partition coefficient (Wildman–Crippen LogP) is 6.21. The first-order valence-corrected chi connectivity index (χ1v) is 10.4. The second-order valence-corrected chi connectivity index (χ2v) is 8.21. The van der Waals surface area contributed by atoms with Crippen LogP contribution in [-0.2, 0) is 10.5 Å². The van der Waals surface area contributed by atoms with Crippen molar-refractivity contribution in [2.45, 2.75) is 25.5 Å². The smallest absolute Gasteiger partial charge is 0.158 e. The van der Waals surface area contributed by atoms with Crippen LogP contribution in [0.25, 0.3) is 0 Å². The van der Waals surface area contributed by atoms with Crippen LogP contribution in [0.1, 0.15) is 30.9 Å². The van der Waals surface area contributed by atoms with E-state index in [0.29, 0.717) is 26.9 Å². The average molecular weight is 429 g/mol. The fourth-order valence-corrected chi connectivity index (χ4v) is 4.90. The SMILES string of the molecule is CC(=O)C1=C(C)NC(SCc2ccccc2Cl)=C(C#N)[C@H]1c1ccccc1Cl. The molecule has 0 fully saturated rings. The summed E-state index contributed by atoms with van der Waals surface area (Å²) in [7, 11) is 0. The van der Waals surface area contributed by atoms with Crippen LogP contribution in [0.3, 0.4) is 0 Å². The summed E-state index contributed by atoms with van der Waals surface area (Å²) >= 11 is 14.2. The molecule has 2 aromatic rings. The molecule has 6 heteroatoms. The summed E-state index contributed by atoms with van der Waals surface area (Å²) < 4.78 is 0. The van der Waals surface area contributed by atoms with Crippen molar-refractivity contribution in [2.75, 3.05) is 0 Å². The first-order chi connectivity index (χ1) is 13.4. The second-order valence-electron chi connectivity index (χ2n) is 6.41. The maximum Gasteiger partial charge on any atom is 0.158 e. The lowest BCUT2D eigenvalue weighted by molar-refractivity contribution is -0.113. The van der Waals surface area contributed by atoms with E-state index in [1.165, 1.54) is 18.7 Å². The van der Waals surface area contributed by atoms with Gasteiger partial charge in [-0.2, -0.15) is 5.26 Å². The van der Waals surface area contributed by atoms with E-state index in [-0.39, 0.29) is 5.78 Å². The fraction of sp³-hybridized carbons (Fsp3) is 0.182.